The van der Waals surface area contributed by atoms with E-state index in [9.17, 15) is 5.11 Å². The molecule has 2 aliphatic rings. The van der Waals surface area contributed by atoms with Crippen molar-refractivity contribution in [1.29, 1.82) is 0 Å². The molecule has 0 spiro atoms. The first-order valence-electron chi connectivity index (χ1n) is 6.27. The van der Waals surface area contributed by atoms with E-state index in [0.717, 1.165) is 25.9 Å². The van der Waals surface area contributed by atoms with E-state index in [4.69, 9.17) is 0 Å². The summed E-state index contributed by atoms with van der Waals surface area (Å²) >= 11 is 0. The summed E-state index contributed by atoms with van der Waals surface area (Å²) in [5.74, 6) is 1.60. The van der Waals surface area contributed by atoms with Crippen LogP contribution in [0, 0.1) is 5.92 Å². The van der Waals surface area contributed by atoms with Crippen LogP contribution in [0.3, 0.4) is 0 Å². The second kappa shape index (κ2) is 4.18. The zero-order chi connectivity index (χ0) is 11.0. The van der Waals surface area contributed by atoms with Crippen LogP contribution in [-0.4, -0.2) is 27.8 Å². The van der Waals surface area contributed by atoms with Crippen LogP contribution in [0.4, 0.5) is 0 Å². The predicted molar refractivity (Wildman–Crippen MR) is 61.1 cm³/mol. The fourth-order valence-electron chi connectivity index (χ4n) is 2.87. The maximum atomic E-state index is 9.26. The van der Waals surface area contributed by atoms with Crippen molar-refractivity contribution in [3.63, 3.8) is 0 Å². The summed E-state index contributed by atoms with van der Waals surface area (Å²) < 4.78 is 2.33. The fraction of sp³-hybridized carbons (Fsp3) is 0.750. The average Bonchev–Trinajstić information content (AvgIpc) is 2.96. The number of hydrogen-bond acceptors (Lipinski definition) is 3. The number of rotatable bonds is 2. The molecular weight excluding hydrogens is 202 g/mol. The Morgan fingerprint density at radius 1 is 1.50 bits per heavy atom. The van der Waals surface area contributed by atoms with Crippen molar-refractivity contribution in [3.05, 3.63) is 17.7 Å². The molecule has 1 aromatic rings. The highest BCUT2D eigenvalue weighted by molar-refractivity contribution is 5.12. The molecule has 2 atom stereocenters. The number of nitrogens with one attached hydrogen (secondary N) is 1. The summed E-state index contributed by atoms with van der Waals surface area (Å²) in [5, 5.41) is 12.8. The lowest BCUT2D eigenvalue weighted by atomic mass is 9.99. The molecule has 2 aliphatic heterocycles. The third kappa shape index (κ3) is 1.66. The van der Waals surface area contributed by atoms with Gasteiger partial charge in [0.25, 0.3) is 0 Å². The van der Waals surface area contributed by atoms with Gasteiger partial charge in [-0.2, -0.15) is 0 Å². The van der Waals surface area contributed by atoms with Crippen molar-refractivity contribution in [1.82, 2.24) is 14.9 Å². The van der Waals surface area contributed by atoms with E-state index in [2.05, 4.69) is 14.9 Å². The molecule has 0 aliphatic carbocycles. The Morgan fingerprint density at radius 2 is 2.44 bits per heavy atom. The highest BCUT2D eigenvalue weighted by atomic mass is 16.3. The number of aryl methyl sites for hydroxylation is 1. The lowest BCUT2D eigenvalue weighted by Crippen LogP contribution is -2.26. The molecule has 0 saturated carbocycles. The minimum absolute atomic E-state index is 0.301. The SMILES string of the molecule is OCC1CCc2cnc(C3CCCN3)n2C1. The molecule has 0 amide bonds. The molecule has 3 rings (SSSR count). The normalized spacial score (nSPS) is 29.3. The van der Waals surface area contributed by atoms with Gasteiger partial charge >= 0.3 is 0 Å². The Kier molecular flexibility index (Phi) is 2.69. The van der Waals surface area contributed by atoms with E-state index >= 15 is 0 Å². The Morgan fingerprint density at radius 3 is 3.19 bits per heavy atom. The maximum absolute atomic E-state index is 9.26. The van der Waals surface area contributed by atoms with Gasteiger partial charge in [0.15, 0.2) is 0 Å². The molecule has 0 radical (unpaired) electrons. The number of aromatic nitrogens is 2. The van der Waals surface area contributed by atoms with Gasteiger partial charge in [0, 0.05) is 31.0 Å². The summed E-state index contributed by atoms with van der Waals surface area (Å²) in [6.45, 7) is 2.35. The number of fused-ring (bicyclic) bond motifs is 1. The minimum atomic E-state index is 0.301. The van der Waals surface area contributed by atoms with Crippen LogP contribution in [0.15, 0.2) is 6.20 Å². The molecule has 16 heavy (non-hydrogen) atoms. The van der Waals surface area contributed by atoms with Crippen LogP contribution in [0.1, 0.15) is 36.8 Å². The van der Waals surface area contributed by atoms with Crippen LogP contribution >= 0.6 is 0 Å². The lowest BCUT2D eigenvalue weighted by Gasteiger charge is -2.25. The first kappa shape index (κ1) is 10.3. The molecule has 1 aromatic heterocycles. The Hall–Kier alpha value is -0.870. The van der Waals surface area contributed by atoms with Gasteiger partial charge in [-0.05, 0) is 32.2 Å². The molecule has 1 fully saturated rings. The van der Waals surface area contributed by atoms with Crippen LogP contribution in [-0.2, 0) is 13.0 Å². The maximum Gasteiger partial charge on any atom is 0.126 e. The van der Waals surface area contributed by atoms with E-state index in [0.29, 0.717) is 18.6 Å². The van der Waals surface area contributed by atoms with Gasteiger partial charge in [0.2, 0.25) is 0 Å². The van der Waals surface area contributed by atoms with Gasteiger partial charge < -0.3 is 15.0 Å². The topological polar surface area (TPSA) is 50.1 Å². The average molecular weight is 221 g/mol. The first-order valence-corrected chi connectivity index (χ1v) is 6.27. The van der Waals surface area contributed by atoms with Gasteiger partial charge in [0.1, 0.15) is 5.82 Å². The zero-order valence-electron chi connectivity index (χ0n) is 9.52. The summed E-state index contributed by atoms with van der Waals surface area (Å²) in [6.07, 6.45) is 6.62. The number of imidazole rings is 1. The highest BCUT2D eigenvalue weighted by Gasteiger charge is 2.26. The second-order valence-corrected chi connectivity index (χ2v) is 4.95. The minimum Gasteiger partial charge on any atom is -0.396 e. The van der Waals surface area contributed by atoms with Gasteiger partial charge in [-0.1, -0.05) is 0 Å². The Balaban J connectivity index is 1.87. The third-order valence-corrected chi connectivity index (χ3v) is 3.85. The van der Waals surface area contributed by atoms with E-state index in [-0.39, 0.29) is 0 Å². The smallest absolute Gasteiger partial charge is 0.126 e. The first-order chi connectivity index (χ1) is 7.88. The molecule has 1 saturated heterocycles. The van der Waals surface area contributed by atoms with Gasteiger partial charge in [-0.15, -0.1) is 0 Å². The van der Waals surface area contributed by atoms with Crippen LogP contribution in [0.25, 0.3) is 0 Å². The summed E-state index contributed by atoms with van der Waals surface area (Å²) in [6, 6.07) is 0.436. The summed E-state index contributed by atoms with van der Waals surface area (Å²) in [5.41, 5.74) is 1.34. The lowest BCUT2D eigenvalue weighted by molar-refractivity contribution is 0.189. The van der Waals surface area contributed by atoms with E-state index < -0.39 is 0 Å². The largest absolute Gasteiger partial charge is 0.396 e. The quantitative estimate of drug-likeness (QED) is 0.779. The number of aliphatic hydroxyl groups excluding tert-OH is 1. The van der Waals surface area contributed by atoms with Gasteiger partial charge in [-0.3, -0.25) is 0 Å². The van der Waals surface area contributed by atoms with Crippen LogP contribution < -0.4 is 5.32 Å². The summed E-state index contributed by atoms with van der Waals surface area (Å²) in [4.78, 5) is 4.57. The zero-order valence-corrected chi connectivity index (χ0v) is 9.52. The monoisotopic (exact) mass is 221 g/mol. The molecule has 3 heterocycles. The summed E-state index contributed by atoms with van der Waals surface area (Å²) in [7, 11) is 0. The molecule has 4 heteroatoms. The molecule has 2 unspecified atom stereocenters. The van der Waals surface area contributed by atoms with Crippen molar-refractivity contribution in [3.8, 4) is 0 Å². The molecule has 0 bridgehead atoms. The molecule has 2 N–H and O–H groups in total. The molecule has 0 aromatic carbocycles. The van der Waals surface area contributed by atoms with Crippen molar-refractivity contribution in [2.24, 2.45) is 5.92 Å². The number of nitrogens with zero attached hydrogens (tertiary/aromatic N) is 2. The Bertz CT molecular complexity index is 368. The fourth-order valence-corrected chi connectivity index (χ4v) is 2.87. The second-order valence-electron chi connectivity index (χ2n) is 4.95. The van der Waals surface area contributed by atoms with Crippen molar-refractivity contribution >= 4 is 0 Å². The molecule has 88 valence electrons. The van der Waals surface area contributed by atoms with E-state index in [1.165, 1.54) is 24.4 Å². The van der Waals surface area contributed by atoms with Gasteiger partial charge in [-0.25, -0.2) is 4.98 Å². The standard InChI is InChI=1S/C12H19N3O/c16-8-9-3-4-10-6-14-12(15(10)7-9)11-2-1-5-13-11/h6,9,11,13,16H,1-5,7-8H2. The van der Waals surface area contributed by atoms with Crippen molar-refractivity contribution < 1.29 is 5.11 Å². The third-order valence-electron chi connectivity index (χ3n) is 3.85. The predicted octanol–water partition coefficient (Wildman–Crippen LogP) is 0.862. The molecular formula is C12H19N3O. The molecule has 4 nitrogen and oxygen atoms in total. The number of aliphatic hydroxyl groups is 1. The van der Waals surface area contributed by atoms with Crippen molar-refractivity contribution in [2.45, 2.75) is 38.3 Å². The van der Waals surface area contributed by atoms with E-state index in [1.54, 1.807) is 0 Å². The van der Waals surface area contributed by atoms with E-state index in [1.807, 2.05) is 6.20 Å². The Labute approximate surface area is 95.7 Å². The van der Waals surface area contributed by atoms with Crippen molar-refractivity contribution in [2.75, 3.05) is 13.2 Å². The highest BCUT2D eigenvalue weighted by Crippen LogP contribution is 2.27. The van der Waals surface area contributed by atoms with Crippen LogP contribution in [0.2, 0.25) is 0 Å². The van der Waals surface area contributed by atoms with Gasteiger partial charge in [0.05, 0.1) is 6.04 Å². The number of hydrogen-bond donors (Lipinski definition) is 2. The van der Waals surface area contributed by atoms with Crippen LogP contribution in [0.5, 0.6) is 0 Å².